The van der Waals surface area contributed by atoms with E-state index in [-0.39, 0.29) is 0 Å². The van der Waals surface area contributed by atoms with Crippen molar-refractivity contribution in [2.45, 2.75) is 91.4 Å². The Labute approximate surface area is 159 Å². The average Bonchev–Trinajstić information content (AvgIpc) is 2.97. The van der Waals surface area contributed by atoms with Crippen LogP contribution in [-0.2, 0) is 9.59 Å². The maximum absolute atomic E-state index is 13.3. The number of carbonyl (C=O) groups is 2. The largest absolute Gasteiger partial charge is 0.303 e. The molecule has 146 valence electrons. The number of rotatable bonds is 4. The monoisotopic (exact) mass is 358 g/mol. The predicted octanol–water partition coefficient (Wildman–Crippen LogP) is 5.83. The molecule has 0 bridgehead atoms. The summed E-state index contributed by atoms with van der Waals surface area (Å²) in [6.07, 6.45) is 14.1. The molecule has 2 nitrogen and oxygen atoms in total. The number of Topliss-reactive ketones (excluding diaryl/α,β-unsaturated/α-hetero) is 1. The van der Waals surface area contributed by atoms with Crippen LogP contribution < -0.4 is 0 Å². The Balaban J connectivity index is 1.60. The summed E-state index contributed by atoms with van der Waals surface area (Å²) in [5, 5.41) is 0. The number of aldehydes is 1. The van der Waals surface area contributed by atoms with Crippen molar-refractivity contribution >= 4 is 12.1 Å². The van der Waals surface area contributed by atoms with Crippen LogP contribution in [0.25, 0.3) is 0 Å². The second kappa shape index (κ2) is 6.74. The normalized spacial score (nSPS) is 49.0. The predicted molar refractivity (Wildman–Crippen MR) is 105 cm³/mol. The second-order valence-electron chi connectivity index (χ2n) is 10.8. The third kappa shape index (κ3) is 2.65. The van der Waals surface area contributed by atoms with E-state index < -0.39 is 0 Å². The van der Waals surface area contributed by atoms with Crippen molar-refractivity contribution in [3.63, 3.8) is 0 Å². The van der Waals surface area contributed by atoms with E-state index in [1.807, 2.05) is 0 Å². The molecule has 0 saturated heterocycles. The van der Waals surface area contributed by atoms with Gasteiger partial charge in [-0.1, -0.05) is 33.6 Å². The van der Waals surface area contributed by atoms with Gasteiger partial charge >= 0.3 is 0 Å². The van der Waals surface area contributed by atoms with Gasteiger partial charge in [-0.15, -0.1) is 0 Å². The topological polar surface area (TPSA) is 34.1 Å². The van der Waals surface area contributed by atoms with E-state index in [0.717, 1.165) is 19.1 Å². The Hall–Kier alpha value is -0.660. The second-order valence-corrected chi connectivity index (χ2v) is 10.8. The smallest absolute Gasteiger partial charge is 0.136 e. The van der Waals surface area contributed by atoms with Gasteiger partial charge in [0.05, 0.1) is 0 Å². The number of hydrogen-bond acceptors (Lipinski definition) is 2. The highest BCUT2D eigenvalue weighted by atomic mass is 16.1. The molecule has 0 N–H and O–H groups in total. The Morgan fingerprint density at radius 1 is 1.04 bits per heavy atom. The summed E-state index contributed by atoms with van der Waals surface area (Å²) in [6, 6.07) is 0. The summed E-state index contributed by atoms with van der Waals surface area (Å²) in [5.41, 5.74) is 0.760. The third-order valence-electron chi connectivity index (χ3n) is 9.89. The summed E-state index contributed by atoms with van der Waals surface area (Å²) in [7, 11) is 0. The Bertz CT molecular complexity index is 569. The minimum Gasteiger partial charge on any atom is -0.303 e. The van der Waals surface area contributed by atoms with Crippen LogP contribution in [0.15, 0.2) is 0 Å². The number of fused-ring (bicyclic) bond motifs is 5. The van der Waals surface area contributed by atoms with Gasteiger partial charge in [-0.25, -0.2) is 0 Å². The van der Waals surface area contributed by atoms with Crippen molar-refractivity contribution in [2.24, 2.45) is 46.3 Å². The zero-order valence-electron chi connectivity index (χ0n) is 17.1. The molecule has 8 atom stereocenters. The quantitative estimate of drug-likeness (QED) is 0.593. The molecule has 4 fully saturated rings. The lowest BCUT2D eigenvalue weighted by Crippen LogP contribution is -2.56. The summed E-state index contributed by atoms with van der Waals surface area (Å²) in [6.45, 7) is 7.41. The van der Waals surface area contributed by atoms with Crippen LogP contribution in [0.5, 0.6) is 0 Å². The highest BCUT2D eigenvalue weighted by Crippen LogP contribution is 2.67. The molecule has 0 aromatic heterocycles. The van der Waals surface area contributed by atoms with E-state index in [2.05, 4.69) is 20.8 Å². The fraction of sp³-hybridized carbons (Fsp3) is 0.917. The lowest BCUT2D eigenvalue weighted by Gasteiger charge is -2.60. The lowest BCUT2D eigenvalue weighted by molar-refractivity contribution is -0.156. The van der Waals surface area contributed by atoms with Crippen LogP contribution >= 0.6 is 0 Å². The van der Waals surface area contributed by atoms with Crippen LogP contribution in [-0.4, -0.2) is 12.1 Å². The Morgan fingerprint density at radius 3 is 2.58 bits per heavy atom. The molecule has 26 heavy (non-hydrogen) atoms. The first kappa shape index (κ1) is 18.7. The third-order valence-corrected chi connectivity index (χ3v) is 9.89. The van der Waals surface area contributed by atoms with Crippen molar-refractivity contribution < 1.29 is 9.59 Å². The fourth-order valence-corrected chi connectivity index (χ4v) is 8.47. The van der Waals surface area contributed by atoms with Crippen LogP contribution in [0.4, 0.5) is 0 Å². The number of carbonyl (C=O) groups excluding carboxylic acids is 2. The SMILES string of the molecule is C[C@H](CCC=O)[C@H]1CC[C@H]2[C@@H]3C(=O)CC4CCCC[C@]4(C)[C@H]3CC[C@]12C. The molecule has 0 amide bonds. The molecule has 4 aliphatic rings. The first-order chi connectivity index (χ1) is 12.4. The summed E-state index contributed by atoms with van der Waals surface area (Å²) < 4.78 is 0. The van der Waals surface area contributed by atoms with E-state index >= 15 is 0 Å². The van der Waals surface area contributed by atoms with Crippen LogP contribution in [0.1, 0.15) is 91.4 Å². The molecule has 0 heterocycles. The molecule has 0 spiro atoms. The Morgan fingerprint density at radius 2 is 1.81 bits per heavy atom. The lowest BCUT2D eigenvalue weighted by atomic mass is 9.44. The van der Waals surface area contributed by atoms with E-state index in [1.54, 1.807) is 0 Å². The zero-order valence-corrected chi connectivity index (χ0v) is 17.1. The van der Waals surface area contributed by atoms with Gasteiger partial charge in [0, 0.05) is 18.8 Å². The average molecular weight is 359 g/mol. The van der Waals surface area contributed by atoms with Gasteiger partial charge in [0.1, 0.15) is 12.1 Å². The molecule has 4 saturated carbocycles. The molecule has 0 aromatic carbocycles. The molecule has 0 radical (unpaired) electrons. The molecule has 0 aliphatic heterocycles. The van der Waals surface area contributed by atoms with Crippen molar-refractivity contribution in [2.75, 3.05) is 0 Å². The van der Waals surface area contributed by atoms with E-state index in [1.165, 1.54) is 51.4 Å². The van der Waals surface area contributed by atoms with Crippen LogP contribution in [0.2, 0.25) is 0 Å². The van der Waals surface area contributed by atoms with Gasteiger partial charge in [0.2, 0.25) is 0 Å². The number of hydrogen-bond donors (Lipinski definition) is 0. The van der Waals surface area contributed by atoms with Crippen LogP contribution in [0.3, 0.4) is 0 Å². The van der Waals surface area contributed by atoms with Gasteiger partial charge in [0.25, 0.3) is 0 Å². The van der Waals surface area contributed by atoms with Crippen LogP contribution in [0, 0.1) is 46.3 Å². The summed E-state index contributed by atoms with van der Waals surface area (Å²) in [5.74, 6) is 4.21. The van der Waals surface area contributed by atoms with E-state index in [0.29, 0.717) is 58.5 Å². The molecular weight excluding hydrogens is 320 g/mol. The van der Waals surface area contributed by atoms with E-state index in [9.17, 15) is 9.59 Å². The molecular formula is C24H38O2. The van der Waals surface area contributed by atoms with Gasteiger partial charge < -0.3 is 4.79 Å². The van der Waals surface area contributed by atoms with Gasteiger partial charge in [-0.3, -0.25) is 4.79 Å². The van der Waals surface area contributed by atoms with Gasteiger partial charge in [0.15, 0.2) is 0 Å². The minimum absolute atomic E-state index is 0.330. The highest BCUT2D eigenvalue weighted by Gasteiger charge is 2.62. The van der Waals surface area contributed by atoms with Crippen molar-refractivity contribution in [3.05, 3.63) is 0 Å². The minimum atomic E-state index is 0.330. The molecule has 1 unspecified atom stereocenters. The molecule has 0 aromatic rings. The van der Waals surface area contributed by atoms with E-state index in [4.69, 9.17) is 0 Å². The maximum atomic E-state index is 13.3. The molecule has 4 rings (SSSR count). The number of ketones is 1. The maximum Gasteiger partial charge on any atom is 0.136 e. The standard InChI is InChI=1S/C24H38O2/c1-16(7-6-14-25)18-9-10-19-22-20(11-13-24(18,19)3)23(2)12-5-4-8-17(23)15-21(22)26/h14,16-20,22H,4-13,15H2,1-3H3/t16-,17?,18-,19+,20+,22+,23+,24-/m1/s1. The Kier molecular flexibility index (Phi) is 4.85. The first-order valence-electron chi connectivity index (χ1n) is 11.4. The molecule has 2 heteroatoms. The summed E-state index contributed by atoms with van der Waals surface area (Å²) >= 11 is 0. The first-order valence-corrected chi connectivity index (χ1v) is 11.4. The highest BCUT2D eigenvalue weighted by molar-refractivity contribution is 5.83. The molecule has 4 aliphatic carbocycles. The fourth-order valence-electron chi connectivity index (χ4n) is 8.47. The van der Waals surface area contributed by atoms with Crippen molar-refractivity contribution in [1.82, 2.24) is 0 Å². The van der Waals surface area contributed by atoms with Crippen molar-refractivity contribution in [3.8, 4) is 0 Å². The summed E-state index contributed by atoms with van der Waals surface area (Å²) in [4.78, 5) is 24.2. The van der Waals surface area contributed by atoms with Gasteiger partial charge in [-0.2, -0.15) is 0 Å². The zero-order chi connectivity index (χ0) is 18.5. The van der Waals surface area contributed by atoms with Crippen molar-refractivity contribution in [1.29, 1.82) is 0 Å². The van der Waals surface area contributed by atoms with Gasteiger partial charge in [-0.05, 0) is 85.4 Å².